The maximum atomic E-state index is 11.0. The van der Waals surface area contributed by atoms with Crippen molar-refractivity contribution in [2.75, 3.05) is 11.9 Å². The molecule has 2 aromatic rings. The minimum atomic E-state index is -0.0702. The molecule has 3 heteroatoms. The van der Waals surface area contributed by atoms with Crippen LogP contribution in [0.3, 0.4) is 0 Å². The fourth-order valence-corrected chi connectivity index (χ4v) is 2.20. The molecule has 0 spiro atoms. The van der Waals surface area contributed by atoms with Gasteiger partial charge >= 0.3 is 0 Å². The van der Waals surface area contributed by atoms with Crippen LogP contribution in [0.2, 0.25) is 0 Å². The monoisotopic (exact) mass is 295 g/mol. The second kappa shape index (κ2) is 8.15. The second-order valence-electron chi connectivity index (χ2n) is 5.15. The van der Waals surface area contributed by atoms with E-state index >= 15 is 0 Å². The Kier molecular flexibility index (Phi) is 5.92. The van der Waals surface area contributed by atoms with Gasteiger partial charge in [0.2, 0.25) is 5.91 Å². The van der Waals surface area contributed by atoms with Crippen LogP contribution >= 0.6 is 0 Å². The van der Waals surface area contributed by atoms with Gasteiger partial charge in [-0.25, -0.2) is 0 Å². The van der Waals surface area contributed by atoms with Gasteiger partial charge in [0, 0.05) is 18.5 Å². The minimum absolute atomic E-state index is 0.0702. The molecule has 0 fully saturated rings. The average Bonchev–Trinajstić information content (AvgIpc) is 2.53. The number of amides is 1. The van der Waals surface area contributed by atoms with Gasteiger partial charge in [-0.3, -0.25) is 4.79 Å². The molecule has 1 amide bonds. The summed E-state index contributed by atoms with van der Waals surface area (Å²) < 4.78 is 5.78. The van der Waals surface area contributed by atoms with Gasteiger partial charge in [0.15, 0.2) is 0 Å². The zero-order valence-electron chi connectivity index (χ0n) is 12.8. The molecule has 0 heterocycles. The summed E-state index contributed by atoms with van der Waals surface area (Å²) in [5.74, 6) is 0.0642. The molecular formula is C19H21NO2. The maximum absolute atomic E-state index is 11.0. The molecule has 2 rings (SSSR count). The summed E-state index contributed by atoms with van der Waals surface area (Å²) in [5.41, 5.74) is 3.08. The summed E-state index contributed by atoms with van der Waals surface area (Å²) in [7, 11) is 0. The van der Waals surface area contributed by atoms with Gasteiger partial charge in [0.05, 0.1) is 13.2 Å². The molecular weight excluding hydrogens is 274 g/mol. The van der Waals surface area contributed by atoms with Gasteiger partial charge in [-0.2, -0.15) is 0 Å². The van der Waals surface area contributed by atoms with Gasteiger partial charge in [0.25, 0.3) is 0 Å². The number of carbonyl (C=O) groups is 1. The van der Waals surface area contributed by atoms with Crippen molar-refractivity contribution in [2.24, 2.45) is 0 Å². The third-order valence-corrected chi connectivity index (χ3v) is 3.35. The van der Waals surface area contributed by atoms with Crippen molar-refractivity contribution in [3.05, 3.63) is 78.4 Å². The first-order valence-electron chi connectivity index (χ1n) is 7.31. The summed E-state index contributed by atoms with van der Waals surface area (Å²) in [5, 5.41) is 2.76. The second-order valence-corrected chi connectivity index (χ2v) is 5.15. The third kappa shape index (κ3) is 4.86. The van der Waals surface area contributed by atoms with Crippen LogP contribution in [0.4, 0.5) is 5.69 Å². The zero-order valence-corrected chi connectivity index (χ0v) is 12.8. The van der Waals surface area contributed by atoms with E-state index in [0.29, 0.717) is 13.2 Å². The highest BCUT2D eigenvalue weighted by atomic mass is 16.5. The lowest BCUT2D eigenvalue weighted by Gasteiger charge is -2.14. The fraction of sp³-hybridized carbons (Fsp3) is 0.211. The average molecular weight is 295 g/mol. The fourth-order valence-electron chi connectivity index (χ4n) is 2.20. The molecule has 0 aromatic heterocycles. The molecule has 0 aliphatic rings. The number of rotatable bonds is 7. The molecule has 0 saturated carbocycles. The van der Waals surface area contributed by atoms with Gasteiger partial charge < -0.3 is 10.1 Å². The Morgan fingerprint density at radius 1 is 1.18 bits per heavy atom. The van der Waals surface area contributed by atoms with Gasteiger partial charge in [-0.15, -0.1) is 6.58 Å². The van der Waals surface area contributed by atoms with E-state index in [9.17, 15) is 4.79 Å². The third-order valence-electron chi connectivity index (χ3n) is 3.35. The minimum Gasteiger partial charge on any atom is -0.376 e. The van der Waals surface area contributed by atoms with E-state index < -0.39 is 0 Å². The summed E-state index contributed by atoms with van der Waals surface area (Å²) in [4.78, 5) is 11.0. The van der Waals surface area contributed by atoms with E-state index in [1.807, 2.05) is 60.7 Å². The molecule has 0 saturated heterocycles. The highest BCUT2D eigenvalue weighted by Crippen LogP contribution is 2.20. The van der Waals surface area contributed by atoms with Crippen LogP contribution in [0.5, 0.6) is 0 Å². The highest BCUT2D eigenvalue weighted by molar-refractivity contribution is 5.88. The Hall–Kier alpha value is -2.39. The first-order chi connectivity index (χ1) is 10.7. The number of hydrogen-bond donors (Lipinski definition) is 1. The van der Waals surface area contributed by atoms with Crippen molar-refractivity contribution in [3.8, 4) is 0 Å². The first-order valence-corrected chi connectivity index (χ1v) is 7.31. The Bertz CT molecular complexity index is 605. The van der Waals surface area contributed by atoms with E-state index in [-0.39, 0.29) is 11.8 Å². The van der Waals surface area contributed by atoms with Crippen molar-refractivity contribution < 1.29 is 9.53 Å². The van der Waals surface area contributed by atoms with Crippen LogP contribution in [-0.4, -0.2) is 12.5 Å². The van der Waals surface area contributed by atoms with Crippen molar-refractivity contribution >= 4 is 11.6 Å². The summed E-state index contributed by atoms with van der Waals surface area (Å²) >= 11 is 0. The lowest BCUT2D eigenvalue weighted by atomic mass is 10.00. The van der Waals surface area contributed by atoms with E-state index in [2.05, 4.69) is 11.9 Å². The van der Waals surface area contributed by atoms with Crippen molar-refractivity contribution in [1.82, 2.24) is 0 Å². The Morgan fingerprint density at radius 3 is 2.45 bits per heavy atom. The van der Waals surface area contributed by atoms with Crippen LogP contribution in [0.15, 0.2) is 67.3 Å². The zero-order chi connectivity index (χ0) is 15.8. The molecule has 0 radical (unpaired) electrons. The largest absolute Gasteiger partial charge is 0.376 e. The topological polar surface area (TPSA) is 38.3 Å². The van der Waals surface area contributed by atoms with Crippen molar-refractivity contribution in [3.63, 3.8) is 0 Å². The quantitative estimate of drug-likeness (QED) is 0.780. The molecule has 22 heavy (non-hydrogen) atoms. The number of anilines is 1. The van der Waals surface area contributed by atoms with E-state index in [1.54, 1.807) is 0 Å². The predicted molar refractivity (Wildman–Crippen MR) is 89.8 cm³/mol. The molecule has 2 aromatic carbocycles. The standard InChI is InChI=1S/C19H21NO2/c1-3-17(14-22-13-16-7-5-4-6-8-16)18-9-11-19(12-10-18)20-15(2)21/h3-12,17H,1,13-14H2,2H3,(H,20,21)/t17-/m0/s1. The normalized spacial score (nSPS) is 11.7. The van der Waals surface area contributed by atoms with Crippen molar-refractivity contribution in [1.29, 1.82) is 0 Å². The van der Waals surface area contributed by atoms with E-state index in [1.165, 1.54) is 6.92 Å². The number of benzene rings is 2. The van der Waals surface area contributed by atoms with Crippen LogP contribution in [0, 0.1) is 0 Å². The van der Waals surface area contributed by atoms with Crippen molar-refractivity contribution in [2.45, 2.75) is 19.4 Å². The number of hydrogen-bond acceptors (Lipinski definition) is 2. The van der Waals surface area contributed by atoms with Crippen LogP contribution in [0.1, 0.15) is 24.0 Å². The SMILES string of the molecule is C=C[C@@H](COCc1ccccc1)c1ccc(NC(C)=O)cc1. The lowest BCUT2D eigenvalue weighted by molar-refractivity contribution is -0.114. The number of nitrogens with one attached hydrogen (secondary N) is 1. The Morgan fingerprint density at radius 2 is 1.86 bits per heavy atom. The Labute approximate surface area is 131 Å². The first kappa shape index (κ1) is 16.0. The van der Waals surface area contributed by atoms with Gasteiger partial charge in [-0.05, 0) is 23.3 Å². The molecule has 0 unspecified atom stereocenters. The molecule has 1 N–H and O–H groups in total. The summed E-state index contributed by atoms with van der Waals surface area (Å²) in [6.07, 6.45) is 1.89. The van der Waals surface area contributed by atoms with E-state index in [4.69, 9.17) is 4.74 Å². The summed E-state index contributed by atoms with van der Waals surface area (Å²) in [6, 6.07) is 17.9. The molecule has 0 bridgehead atoms. The Balaban J connectivity index is 1.90. The van der Waals surface area contributed by atoms with Gasteiger partial charge in [-0.1, -0.05) is 48.5 Å². The van der Waals surface area contributed by atoms with Crippen LogP contribution in [0.25, 0.3) is 0 Å². The maximum Gasteiger partial charge on any atom is 0.221 e. The lowest BCUT2D eigenvalue weighted by Crippen LogP contribution is -2.07. The molecule has 0 aliphatic heterocycles. The predicted octanol–water partition coefficient (Wildman–Crippen LogP) is 4.13. The molecule has 114 valence electrons. The molecule has 3 nitrogen and oxygen atoms in total. The van der Waals surface area contributed by atoms with Crippen LogP contribution < -0.4 is 5.32 Å². The highest BCUT2D eigenvalue weighted by Gasteiger charge is 2.08. The molecule has 1 atom stereocenters. The number of ether oxygens (including phenoxy) is 1. The van der Waals surface area contributed by atoms with Gasteiger partial charge in [0.1, 0.15) is 0 Å². The number of carbonyl (C=O) groups excluding carboxylic acids is 1. The summed E-state index contributed by atoms with van der Waals surface area (Å²) in [6.45, 7) is 6.56. The van der Waals surface area contributed by atoms with Crippen LogP contribution in [-0.2, 0) is 16.1 Å². The van der Waals surface area contributed by atoms with E-state index in [0.717, 1.165) is 16.8 Å². The smallest absolute Gasteiger partial charge is 0.221 e. The molecule has 0 aliphatic carbocycles.